The van der Waals surface area contributed by atoms with E-state index in [9.17, 15) is 8.42 Å². The van der Waals surface area contributed by atoms with Crippen molar-refractivity contribution in [2.75, 3.05) is 30.2 Å². The predicted octanol–water partition coefficient (Wildman–Crippen LogP) is 4.99. The lowest BCUT2D eigenvalue weighted by Gasteiger charge is -2.36. The first-order valence-corrected chi connectivity index (χ1v) is 14.1. The minimum atomic E-state index is -3.46. The summed E-state index contributed by atoms with van der Waals surface area (Å²) >= 11 is 0. The van der Waals surface area contributed by atoms with E-state index in [1.165, 1.54) is 11.9 Å². The van der Waals surface area contributed by atoms with Crippen LogP contribution in [-0.4, -0.2) is 49.0 Å². The third-order valence-corrected chi connectivity index (χ3v) is 7.97. The Morgan fingerprint density at radius 1 is 1.03 bits per heavy atom. The molecule has 0 radical (unpaired) electrons. The molecule has 1 aliphatic rings. The Bertz CT molecular complexity index is 1150. The fraction of sp³-hybridized carbons (Fsp3) is 0.444. The number of piperidine rings is 1. The number of anilines is 1. The van der Waals surface area contributed by atoms with Crippen LogP contribution in [0.2, 0.25) is 0 Å². The van der Waals surface area contributed by atoms with E-state index in [2.05, 4.69) is 34.6 Å². The summed E-state index contributed by atoms with van der Waals surface area (Å²) in [7, 11) is -3.46. The van der Waals surface area contributed by atoms with E-state index in [-0.39, 0.29) is 6.04 Å². The van der Waals surface area contributed by atoms with Crippen molar-refractivity contribution in [3.8, 4) is 0 Å². The zero-order valence-corrected chi connectivity index (χ0v) is 21.3. The molecular weight excluding hydrogens is 444 g/mol. The molecular formula is C27H36N4O2S. The quantitative estimate of drug-likeness (QED) is 0.433. The van der Waals surface area contributed by atoms with Gasteiger partial charge in [0.1, 0.15) is 0 Å². The van der Waals surface area contributed by atoms with Gasteiger partial charge in [-0.15, -0.1) is 0 Å². The number of benzene rings is 2. The van der Waals surface area contributed by atoms with Crippen LogP contribution in [0.1, 0.15) is 55.1 Å². The molecule has 182 valence electrons. The number of hydrogen-bond donors (Lipinski definition) is 0. The van der Waals surface area contributed by atoms with Crippen LogP contribution >= 0.6 is 0 Å². The Morgan fingerprint density at radius 3 is 2.24 bits per heavy atom. The SMILES string of the molecule is CCn1nc(C)cc1C1CCN(CCC(c2ccccc2)N(c2ccccc2)S(C)(=O)=O)CC1. The van der Waals surface area contributed by atoms with Crippen LogP contribution in [0.3, 0.4) is 0 Å². The Kier molecular flexibility index (Phi) is 7.73. The van der Waals surface area contributed by atoms with Crippen molar-refractivity contribution >= 4 is 15.7 Å². The summed E-state index contributed by atoms with van der Waals surface area (Å²) in [4.78, 5) is 2.48. The molecule has 1 fully saturated rings. The van der Waals surface area contributed by atoms with Crippen molar-refractivity contribution < 1.29 is 8.42 Å². The zero-order chi connectivity index (χ0) is 24.1. The standard InChI is InChI=1S/C27H36N4O2S/c1-4-30-27(21-22(2)28-30)24-15-18-29(19-16-24)20-17-26(23-11-7-5-8-12-23)31(34(3,32)33)25-13-9-6-10-14-25/h5-14,21,24,26H,4,15-20H2,1-3H3. The molecule has 4 rings (SSSR count). The number of hydrogen-bond acceptors (Lipinski definition) is 4. The van der Waals surface area contributed by atoms with Crippen LogP contribution in [-0.2, 0) is 16.6 Å². The first kappa shape index (κ1) is 24.5. The third kappa shape index (κ3) is 5.70. The maximum Gasteiger partial charge on any atom is 0.232 e. The largest absolute Gasteiger partial charge is 0.303 e. The van der Waals surface area contributed by atoms with Crippen LogP contribution in [0.25, 0.3) is 0 Å². The van der Waals surface area contributed by atoms with Gasteiger partial charge in [0, 0.05) is 24.7 Å². The number of aryl methyl sites for hydroxylation is 2. The molecule has 2 heterocycles. The summed E-state index contributed by atoms with van der Waals surface area (Å²) in [5.41, 5.74) is 4.18. The normalized spacial score (nSPS) is 16.4. The average molecular weight is 481 g/mol. The second-order valence-electron chi connectivity index (χ2n) is 9.25. The molecule has 1 aromatic heterocycles. The maximum absolute atomic E-state index is 13.0. The van der Waals surface area contributed by atoms with Crippen molar-refractivity contribution in [3.05, 3.63) is 83.7 Å². The number of rotatable bonds is 9. The molecule has 2 aromatic carbocycles. The van der Waals surface area contributed by atoms with Gasteiger partial charge in [-0.2, -0.15) is 5.10 Å². The molecule has 1 saturated heterocycles. The highest BCUT2D eigenvalue weighted by molar-refractivity contribution is 7.92. The minimum Gasteiger partial charge on any atom is -0.303 e. The van der Waals surface area contributed by atoms with Gasteiger partial charge < -0.3 is 4.90 Å². The summed E-state index contributed by atoms with van der Waals surface area (Å²) < 4.78 is 29.7. The monoisotopic (exact) mass is 480 g/mol. The Balaban J connectivity index is 1.49. The van der Waals surface area contributed by atoms with Gasteiger partial charge in [0.25, 0.3) is 0 Å². The Labute approximate surface area is 204 Å². The molecule has 3 aromatic rings. The fourth-order valence-electron chi connectivity index (χ4n) is 5.18. The van der Waals surface area contributed by atoms with Crippen molar-refractivity contribution in [2.45, 2.75) is 51.6 Å². The van der Waals surface area contributed by atoms with Gasteiger partial charge in [0.05, 0.1) is 23.7 Å². The number of sulfonamides is 1. The summed E-state index contributed by atoms with van der Waals surface area (Å²) in [6.45, 7) is 8.01. The van der Waals surface area contributed by atoms with Crippen LogP contribution < -0.4 is 4.31 Å². The van der Waals surface area contributed by atoms with E-state index in [1.54, 1.807) is 4.31 Å². The summed E-state index contributed by atoms with van der Waals surface area (Å²) in [5, 5.41) is 4.63. The van der Waals surface area contributed by atoms with Gasteiger partial charge in [0.15, 0.2) is 0 Å². The molecule has 0 saturated carbocycles. The highest BCUT2D eigenvalue weighted by Crippen LogP contribution is 2.34. The van der Waals surface area contributed by atoms with E-state index in [0.29, 0.717) is 11.6 Å². The molecule has 0 amide bonds. The van der Waals surface area contributed by atoms with Crippen molar-refractivity contribution in [2.24, 2.45) is 0 Å². The second-order valence-corrected chi connectivity index (χ2v) is 11.1. The van der Waals surface area contributed by atoms with Gasteiger partial charge in [-0.1, -0.05) is 48.5 Å². The first-order chi connectivity index (χ1) is 16.4. The topological polar surface area (TPSA) is 58.4 Å². The predicted molar refractivity (Wildman–Crippen MR) is 139 cm³/mol. The molecule has 0 spiro atoms. The van der Waals surface area contributed by atoms with E-state index in [0.717, 1.165) is 56.7 Å². The zero-order valence-electron chi connectivity index (χ0n) is 20.5. The van der Waals surface area contributed by atoms with Crippen molar-refractivity contribution in [3.63, 3.8) is 0 Å². The summed E-state index contributed by atoms with van der Waals surface area (Å²) in [6, 6.07) is 21.4. The molecule has 1 aliphatic heterocycles. The lowest BCUT2D eigenvalue weighted by Crippen LogP contribution is -2.39. The first-order valence-electron chi connectivity index (χ1n) is 12.2. The van der Waals surface area contributed by atoms with E-state index < -0.39 is 10.0 Å². The minimum absolute atomic E-state index is 0.250. The average Bonchev–Trinajstić information content (AvgIpc) is 3.23. The molecule has 0 bridgehead atoms. The van der Waals surface area contributed by atoms with Gasteiger partial charge in [-0.3, -0.25) is 8.99 Å². The van der Waals surface area contributed by atoms with Crippen molar-refractivity contribution in [1.82, 2.24) is 14.7 Å². The van der Waals surface area contributed by atoms with Crippen LogP contribution in [0.4, 0.5) is 5.69 Å². The number of likely N-dealkylation sites (tertiary alicyclic amines) is 1. The number of nitrogens with zero attached hydrogens (tertiary/aromatic N) is 4. The Hall–Kier alpha value is -2.64. The second kappa shape index (κ2) is 10.7. The molecule has 6 nitrogen and oxygen atoms in total. The number of aromatic nitrogens is 2. The number of para-hydroxylation sites is 1. The highest BCUT2D eigenvalue weighted by Gasteiger charge is 2.30. The van der Waals surface area contributed by atoms with Gasteiger partial charge in [-0.05, 0) is 70.0 Å². The van der Waals surface area contributed by atoms with E-state index in [4.69, 9.17) is 0 Å². The third-order valence-electron chi connectivity index (χ3n) is 6.79. The van der Waals surface area contributed by atoms with Gasteiger partial charge in [-0.25, -0.2) is 8.42 Å². The van der Waals surface area contributed by atoms with E-state index >= 15 is 0 Å². The molecule has 1 atom stereocenters. The summed E-state index contributed by atoms with van der Waals surface area (Å²) in [5.74, 6) is 0.541. The lowest BCUT2D eigenvalue weighted by atomic mass is 9.92. The molecule has 0 aliphatic carbocycles. The maximum atomic E-state index is 13.0. The lowest BCUT2D eigenvalue weighted by molar-refractivity contribution is 0.202. The highest BCUT2D eigenvalue weighted by atomic mass is 32.2. The summed E-state index contributed by atoms with van der Waals surface area (Å²) in [6.07, 6.45) is 4.26. The van der Waals surface area contributed by atoms with Crippen molar-refractivity contribution in [1.29, 1.82) is 0 Å². The van der Waals surface area contributed by atoms with E-state index in [1.807, 2.05) is 60.7 Å². The molecule has 1 unspecified atom stereocenters. The van der Waals surface area contributed by atoms with Gasteiger partial charge in [0.2, 0.25) is 10.0 Å². The molecule has 34 heavy (non-hydrogen) atoms. The Morgan fingerprint density at radius 2 is 1.65 bits per heavy atom. The smallest absolute Gasteiger partial charge is 0.232 e. The molecule has 7 heteroatoms. The van der Waals surface area contributed by atoms with Crippen LogP contribution in [0.15, 0.2) is 66.7 Å². The fourth-order valence-corrected chi connectivity index (χ4v) is 6.37. The van der Waals surface area contributed by atoms with Gasteiger partial charge >= 0.3 is 0 Å². The molecule has 0 N–H and O–H groups in total. The van der Waals surface area contributed by atoms with Crippen LogP contribution in [0.5, 0.6) is 0 Å². The van der Waals surface area contributed by atoms with Crippen LogP contribution in [0, 0.1) is 6.92 Å².